The van der Waals surface area contributed by atoms with Gasteiger partial charge in [0, 0.05) is 12.5 Å². The molecular weight excluding hydrogens is 228 g/mol. The highest BCUT2D eigenvalue weighted by molar-refractivity contribution is 5.76. The summed E-state index contributed by atoms with van der Waals surface area (Å²) in [6.45, 7) is 9.01. The minimum atomic E-state index is 0.108. The molecule has 1 saturated heterocycles. The van der Waals surface area contributed by atoms with Gasteiger partial charge in [0.05, 0.1) is 12.7 Å². The molecule has 2 N–H and O–H groups in total. The lowest BCUT2D eigenvalue weighted by Crippen LogP contribution is -2.35. The SMILES string of the molecule is CC(C)CC(C)NC(=O)CCOC1CCNCC1. The number of rotatable bonds is 7. The minimum absolute atomic E-state index is 0.108. The molecule has 1 unspecified atom stereocenters. The fraction of sp³-hybridized carbons (Fsp3) is 0.929. The van der Waals surface area contributed by atoms with Crippen LogP contribution in [0.25, 0.3) is 0 Å². The molecule has 0 bridgehead atoms. The summed E-state index contributed by atoms with van der Waals surface area (Å²) >= 11 is 0. The predicted octanol–water partition coefficient (Wildman–Crippen LogP) is 1.70. The molecule has 1 rings (SSSR count). The molecule has 0 aromatic carbocycles. The zero-order chi connectivity index (χ0) is 13.4. The molecule has 1 amide bonds. The lowest BCUT2D eigenvalue weighted by Gasteiger charge is -2.23. The summed E-state index contributed by atoms with van der Waals surface area (Å²) in [5.41, 5.74) is 0. The number of amides is 1. The summed E-state index contributed by atoms with van der Waals surface area (Å²) in [6, 6.07) is 0.261. The van der Waals surface area contributed by atoms with Gasteiger partial charge in [0.1, 0.15) is 0 Å². The number of carbonyl (C=O) groups is 1. The first kappa shape index (κ1) is 15.4. The third kappa shape index (κ3) is 6.97. The normalized spacial score (nSPS) is 18.9. The highest BCUT2D eigenvalue weighted by Gasteiger charge is 2.14. The fourth-order valence-corrected chi connectivity index (χ4v) is 2.39. The van der Waals surface area contributed by atoms with Gasteiger partial charge < -0.3 is 15.4 Å². The van der Waals surface area contributed by atoms with Crippen molar-refractivity contribution in [3.63, 3.8) is 0 Å². The smallest absolute Gasteiger partial charge is 0.222 e. The Hall–Kier alpha value is -0.610. The molecule has 0 saturated carbocycles. The minimum Gasteiger partial charge on any atom is -0.378 e. The van der Waals surface area contributed by atoms with E-state index in [4.69, 9.17) is 4.74 Å². The Morgan fingerprint density at radius 1 is 1.33 bits per heavy atom. The van der Waals surface area contributed by atoms with Crippen molar-refractivity contribution in [1.29, 1.82) is 0 Å². The van der Waals surface area contributed by atoms with Crippen LogP contribution >= 0.6 is 0 Å². The third-order valence-corrected chi connectivity index (χ3v) is 3.20. The van der Waals surface area contributed by atoms with Gasteiger partial charge in [0.2, 0.25) is 5.91 Å². The molecule has 4 heteroatoms. The Morgan fingerprint density at radius 2 is 2.00 bits per heavy atom. The van der Waals surface area contributed by atoms with Gasteiger partial charge >= 0.3 is 0 Å². The van der Waals surface area contributed by atoms with E-state index in [1.54, 1.807) is 0 Å². The van der Waals surface area contributed by atoms with Crippen molar-refractivity contribution in [3.05, 3.63) is 0 Å². The van der Waals surface area contributed by atoms with Gasteiger partial charge in [0.25, 0.3) is 0 Å². The fourth-order valence-electron chi connectivity index (χ4n) is 2.39. The summed E-state index contributed by atoms with van der Waals surface area (Å²) in [7, 11) is 0. The van der Waals surface area contributed by atoms with Crippen molar-refractivity contribution >= 4 is 5.91 Å². The van der Waals surface area contributed by atoms with Crippen molar-refractivity contribution in [1.82, 2.24) is 10.6 Å². The molecule has 0 aliphatic carbocycles. The quantitative estimate of drug-likeness (QED) is 0.729. The van der Waals surface area contributed by atoms with E-state index >= 15 is 0 Å². The second-order valence-electron chi connectivity index (χ2n) is 5.67. The van der Waals surface area contributed by atoms with E-state index < -0.39 is 0 Å². The molecule has 4 nitrogen and oxygen atoms in total. The Labute approximate surface area is 111 Å². The number of nitrogens with one attached hydrogen (secondary N) is 2. The maximum atomic E-state index is 11.7. The van der Waals surface area contributed by atoms with Crippen LogP contribution in [0.1, 0.15) is 46.5 Å². The molecule has 1 aliphatic heterocycles. The molecule has 106 valence electrons. The van der Waals surface area contributed by atoms with Crippen molar-refractivity contribution in [2.45, 2.75) is 58.6 Å². The Balaban J connectivity index is 2.05. The van der Waals surface area contributed by atoms with Crippen molar-refractivity contribution in [2.24, 2.45) is 5.92 Å². The van der Waals surface area contributed by atoms with Crippen molar-refractivity contribution in [2.75, 3.05) is 19.7 Å². The number of hydrogen-bond donors (Lipinski definition) is 2. The van der Waals surface area contributed by atoms with Crippen LogP contribution in [0.4, 0.5) is 0 Å². The first-order chi connectivity index (χ1) is 8.58. The number of carbonyl (C=O) groups excluding carboxylic acids is 1. The second kappa shape index (κ2) is 8.48. The van der Waals surface area contributed by atoms with Gasteiger partial charge in [-0.3, -0.25) is 4.79 Å². The van der Waals surface area contributed by atoms with E-state index in [0.29, 0.717) is 25.0 Å². The molecular formula is C14H28N2O2. The summed E-state index contributed by atoms with van der Waals surface area (Å²) in [4.78, 5) is 11.7. The van der Waals surface area contributed by atoms with Gasteiger partial charge in [-0.05, 0) is 45.2 Å². The molecule has 1 aliphatic rings. The lowest BCUT2D eigenvalue weighted by atomic mass is 10.1. The molecule has 1 heterocycles. The van der Waals surface area contributed by atoms with E-state index in [1.807, 2.05) is 0 Å². The van der Waals surface area contributed by atoms with E-state index in [2.05, 4.69) is 31.4 Å². The van der Waals surface area contributed by atoms with Crippen LogP contribution < -0.4 is 10.6 Å². The highest BCUT2D eigenvalue weighted by Crippen LogP contribution is 2.08. The number of hydrogen-bond acceptors (Lipinski definition) is 3. The largest absolute Gasteiger partial charge is 0.378 e. The molecule has 1 fully saturated rings. The summed E-state index contributed by atoms with van der Waals surface area (Å²) in [5.74, 6) is 0.725. The maximum Gasteiger partial charge on any atom is 0.222 e. The first-order valence-electron chi connectivity index (χ1n) is 7.19. The average Bonchev–Trinajstić information content (AvgIpc) is 2.29. The van der Waals surface area contributed by atoms with Gasteiger partial charge in [0.15, 0.2) is 0 Å². The molecule has 0 radical (unpaired) electrons. The summed E-state index contributed by atoms with van der Waals surface area (Å²) < 4.78 is 5.72. The predicted molar refractivity (Wildman–Crippen MR) is 73.5 cm³/mol. The van der Waals surface area contributed by atoms with Crippen molar-refractivity contribution in [3.8, 4) is 0 Å². The lowest BCUT2D eigenvalue weighted by molar-refractivity contribution is -0.123. The monoisotopic (exact) mass is 256 g/mol. The molecule has 0 spiro atoms. The van der Waals surface area contributed by atoms with Crippen LogP contribution in [0.5, 0.6) is 0 Å². The number of piperidine rings is 1. The standard InChI is InChI=1S/C14H28N2O2/c1-11(2)10-12(3)16-14(17)6-9-18-13-4-7-15-8-5-13/h11-13,15H,4-10H2,1-3H3,(H,16,17). The maximum absolute atomic E-state index is 11.7. The topological polar surface area (TPSA) is 50.4 Å². The highest BCUT2D eigenvalue weighted by atomic mass is 16.5. The van der Waals surface area contributed by atoms with E-state index in [0.717, 1.165) is 32.4 Å². The van der Waals surface area contributed by atoms with E-state index in [1.165, 1.54) is 0 Å². The van der Waals surface area contributed by atoms with Crippen LogP contribution in [0, 0.1) is 5.92 Å². The average molecular weight is 256 g/mol. The molecule has 1 atom stereocenters. The van der Waals surface area contributed by atoms with Crippen LogP contribution in [-0.2, 0) is 9.53 Å². The Morgan fingerprint density at radius 3 is 2.61 bits per heavy atom. The Bertz CT molecular complexity index is 238. The van der Waals surface area contributed by atoms with Crippen LogP contribution in [0.2, 0.25) is 0 Å². The van der Waals surface area contributed by atoms with Gasteiger partial charge in [-0.2, -0.15) is 0 Å². The number of ether oxygens (including phenoxy) is 1. The first-order valence-corrected chi connectivity index (χ1v) is 7.19. The van der Waals surface area contributed by atoms with Gasteiger partial charge in [-0.25, -0.2) is 0 Å². The summed E-state index contributed by atoms with van der Waals surface area (Å²) in [5, 5.41) is 6.32. The van der Waals surface area contributed by atoms with Gasteiger partial charge in [-0.1, -0.05) is 13.8 Å². The zero-order valence-corrected chi connectivity index (χ0v) is 12.0. The van der Waals surface area contributed by atoms with E-state index in [-0.39, 0.29) is 11.9 Å². The zero-order valence-electron chi connectivity index (χ0n) is 12.0. The van der Waals surface area contributed by atoms with Crippen molar-refractivity contribution < 1.29 is 9.53 Å². The summed E-state index contributed by atoms with van der Waals surface area (Å²) in [6.07, 6.45) is 3.97. The van der Waals surface area contributed by atoms with Gasteiger partial charge in [-0.15, -0.1) is 0 Å². The van der Waals surface area contributed by atoms with Crippen LogP contribution in [-0.4, -0.2) is 37.7 Å². The molecule has 18 heavy (non-hydrogen) atoms. The Kier molecular flexibility index (Phi) is 7.28. The van der Waals surface area contributed by atoms with Crippen LogP contribution in [0.3, 0.4) is 0 Å². The molecule has 0 aromatic heterocycles. The van der Waals surface area contributed by atoms with Crippen LogP contribution in [0.15, 0.2) is 0 Å². The third-order valence-electron chi connectivity index (χ3n) is 3.20. The second-order valence-corrected chi connectivity index (χ2v) is 5.67. The van der Waals surface area contributed by atoms with E-state index in [9.17, 15) is 4.79 Å². The molecule has 0 aromatic rings.